The number of hydrogen-bond donors (Lipinski definition) is 2. The molecule has 0 radical (unpaired) electrons. The van der Waals surface area contributed by atoms with Crippen LogP contribution in [0.25, 0.3) is 0 Å². The maximum Gasteiger partial charge on any atom is 0.234 e. The zero-order valence-electron chi connectivity index (χ0n) is 12.9. The van der Waals surface area contributed by atoms with Crippen molar-refractivity contribution < 1.29 is 9.53 Å². The van der Waals surface area contributed by atoms with Gasteiger partial charge in [-0.25, -0.2) is 0 Å². The molecule has 22 heavy (non-hydrogen) atoms. The van der Waals surface area contributed by atoms with E-state index in [1.165, 1.54) is 0 Å². The Bertz CT molecular complexity index is 512. The Morgan fingerprint density at radius 2 is 2.27 bits per heavy atom. The number of carbonyl (C=O) groups is 1. The van der Waals surface area contributed by atoms with Crippen molar-refractivity contribution in [1.82, 2.24) is 15.5 Å². The maximum atomic E-state index is 12.3. The van der Waals surface area contributed by atoms with Gasteiger partial charge >= 0.3 is 0 Å². The molecule has 1 aromatic rings. The van der Waals surface area contributed by atoms with E-state index in [9.17, 15) is 4.79 Å². The Morgan fingerprint density at radius 1 is 1.45 bits per heavy atom. The van der Waals surface area contributed by atoms with Gasteiger partial charge in [-0.1, -0.05) is 18.2 Å². The smallest absolute Gasteiger partial charge is 0.234 e. The molecule has 0 bridgehead atoms. The molecule has 1 fully saturated rings. The monoisotopic (exact) mass is 325 g/mol. The fraction of sp³-hybridized carbons (Fsp3) is 0.562. The first kappa shape index (κ1) is 17.1. The summed E-state index contributed by atoms with van der Waals surface area (Å²) in [6.45, 7) is 6.13. The molecule has 2 atom stereocenters. The lowest BCUT2D eigenvalue weighted by molar-refractivity contribution is -0.123. The van der Waals surface area contributed by atoms with Gasteiger partial charge in [0.05, 0.1) is 19.2 Å². The molecular weight excluding hydrogens is 302 g/mol. The SMILES string of the molecule is C[C@H]1CNCCN1CC(=O)NC1CCOc2ccccc21.Cl. The van der Waals surface area contributed by atoms with Gasteiger partial charge in [0.15, 0.2) is 0 Å². The van der Waals surface area contributed by atoms with E-state index in [-0.39, 0.29) is 24.4 Å². The summed E-state index contributed by atoms with van der Waals surface area (Å²) in [5.74, 6) is 0.995. The number of para-hydroxylation sites is 1. The van der Waals surface area contributed by atoms with Crippen molar-refractivity contribution in [3.8, 4) is 5.75 Å². The van der Waals surface area contributed by atoms with Crippen LogP contribution in [0.1, 0.15) is 24.9 Å². The van der Waals surface area contributed by atoms with Crippen LogP contribution in [-0.2, 0) is 4.79 Å². The number of benzene rings is 1. The van der Waals surface area contributed by atoms with Crippen molar-refractivity contribution in [1.29, 1.82) is 0 Å². The molecule has 2 aliphatic heterocycles. The molecule has 6 heteroatoms. The Hall–Kier alpha value is -1.30. The van der Waals surface area contributed by atoms with Crippen LogP contribution in [0.3, 0.4) is 0 Å². The zero-order chi connectivity index (χ0) is 14.7. The number of nitrogens with zero attached hydrogens (tertiary/aromatic N) is 1. The van der Waals surface area contributed by atoms with Crippen molar-refractivity contribution >= 4 is 18.3 Å². The van der Waals surface area contributed by atoms with Crippen LogP contribution < -0.4 is 15.4 Å². The van der Waals surface area contributed by atoms with Crippen LogP contribution in [-0.4, -0.2) is 49.6 Å². The number of hydrogen-bond acceptors (Lipinski definition) is 4. The highest BCUT2D eigenvalue weighted by molar-refractivity contribution is 5.85. The number of amides is 1. The Morgan fingerprint density at radius 3 is 3.09 bits per heavy atom. The third-order valence-electron chi connectivity index (χ3n) is 4.28. The molecule has 1 unspecified atom stereocenters. The average molecular weight is 326 g/mol. The maximum absolute atomic E-state index is 12.3. The van der Waals surface area contributed by atoms with E-state index >= 15 is 0 Å². The average Bonchev–Trinajstić information content (AvgIpc) is 2.50. The summed E-state index contributed by atoms with van der Waals surface area (Å²) in [5, 5.41) is 6.50. The Kier molecular flexibility index (Phi) is 6.06. The second-order valence-corrected chi connectivity index (χ2v) is 5.82. The third-order valence-corrected chi connectivity index (χ3v) is 4.28. The lowest BCUT2D eigenvalue weighted by atomic mass is 10.0. The number of piperazine rings is 1. The topological polar surface area (TPSA) is 53.6 Å². The van der Waals surface area contributed by atoms with Gasteiger partial charge in [0.2, 0.25) is 5.91 Å². The van der Waals surface area contributed by atoms with Gasteiger partial charge in [0.1, 0.15) is 5.75 Å². The highest BCUT2D eigenvalue weighted by atomic mass is 35.5. The standard InChI is InChI=1S/C16H23N3O2.ClH/c1-12-10-17-7-8-19(12)11-16(20)18-14-6-9-21-15-5-3-2-4-13(14)15;/h2-5,12,14,17H,6-11H2,1H3,(H,18,20);1H/t12-,14?;/m0./s1. The first-order valence-electron chi connectivity index (χ1n) is 7.70. The summed E-state index contributed by atoms with van der Waals surface area (Å²) in [6, 6.07) is 8.43. The second-order valence-electron chi connectivity index (χ2n) is 5.82. The zero-order valence-corrected chi connectivity index (χ0v) is 13.7. The minimum absolute atomic E-state index is 0. The fourth-order valence-corrected chi connectivity index (χ4v) is 3.03. The fourth-order valence-electron chi connectivity index (χ4n) is 3.03. The predicted molar refractivity (Wildman–Crippen MR) is 88.6 cm³/mol. The van der Waals surface area contributed by atoms with E-state index in [2.05, 4.69) is 22.5 Å². The van der Waals surface area contributed by atoms with Crippen LogP contribution in [0.15, 0.2) is 24.3 Å². The lowest BCUT2D eigenvalue weighted by Gasteiger charge is -2.34. The summed E-state index contributed by atoms with van der Waals surface area (Å²) in [7, 11) is 0. The summed E-state index contributed by atoms with van der Waals surface area (Å²) in [4.78, 5) is 14.6. The van der Waals surface area contributed by atoms with Crippen molar-refractivity contribution in [3.63, 3.8) is 0 Å². The van der Waals surface area contributed by atoms with Crippen LogP contribution in [0, 0.1) is 0 Å². The van der Waals surface area contributed by atoms with Crippen LogP contribution in [0.4, 0.5) is 0 Å². The van der Waals surface area contributed by atoms with Crippen LogP contribution >= 0.6 is 12.4 Å². The first-order chi connectivity index (χ1) is 10.2. The molecule has 2 N–H and O–H groups in total. The van der Waals surface area contributed by atoms with Crippen LogP contribution in [0.2, 0.25) is 0 Å². The van der Waals surface area contributed by atoms with Gasteiger partial charge in [-0.3, -0.25) is 9.69 Å². The summed E-state index contributed by atoms with van der Waals surface area (Å²) in [5.41, 5.74) is 1.09. The predicted octanol–water partition coefficient (Wildman–Crippen LogP) is 1.34. The van der Waals surface area contributed by atoms with Crippen molar-refractivity contribution in [2.24, 2.45) is 0 Å². The lowest BCUT2D eigenvalue weighted by Crippen LogP contribution is -2.53. The Balaban J connectivity index is 0.00000176. The van der Waals surface area contributed by atoms with E-state index in [0.29, 0.717) is 19.2 Å². The number of rotatable bonds is 3. The number of nitrogens with one attached hydrogen (secondary N) is 2. The van der Waals surface area contributed by atoms with Crippen molar-refractivity contribution in [3.05, 3.63) is 29.8 Å². The molecule has 1 aromatic carbocycles. The van der Waals surface area contributed by atoms with Gasteiger partial charge in [0, 0.05) is 37.7 Å². The Labute approximate surface area is 137 Å². The molecule has 0 aromatic heterocycles. The highest BCUT2D eigenvalue weighted by Crippen LogP contribution is 2.31. The molecular formula is C16H24ClN3O2. The normalized spacial score (nSPS) is 24.6. The number of fused-ring (bicyclic) bond motifs is 1. The minimum atomic E-state index is 0. The molecule has 2 aliphatic rings. The molecule has 122 valence electrons. The van der Waals surface area contributed by atoms with E-state index in [0.717, 1.165) is 37.4 Å². The van der Waals surface area contributed by atoms with Gasteiger partial charge in [-0.05, 0) is 13.0 Å². The third kappa shape index (κ3) is 3.91. The summed E-state index contributed by atoms with van der Waals surface area (Å²) >= 11 is 0. The molecule has 5 nitrogen and oxygen atoms in total. The highest BCUT2D eigenvalue weighted by Gasteiger charge is 2.25. The summed E-state index contributed by atoms with van der Waals surface area (Å²) in [6.07, 6.45) is 0.833. The molecule has 1 amide bonds. The van der Waals surface area contributed by atoms with E-state index < -0.39 is 0 Å². The minimum Gasteiger partial charge on any atom is -0.493 e. The van der Waals surface area contributed by atoms with E-state index in [4.69, 9.17) is 4.74 Å². The second kappa shape index (κ2) is 7.81. The van der Waals surface area contributed by atoms with E-state index in [1.54, 1.807) is 0 Å². The van der Waals surface area contributed by atoms with Gasteiger partial charge in [-0.2, -0.15) is 0 Å². The molecule has 0 spiro atoms. The summed E-state index contributed by atoms with van der Waals surface area (Å²) < 4.78 is 5.63. The van der Waals surface area contributed by atoms with Gasteiger partial charge in [-0.15, -0.1) is 12.4 Å². The molecule has 0 aliphatic carbocycles. The number of halogens is 1. The molecule has 3 rings (SSSR count). The quantitative estimate of drug-likeness (QED) is 0.880. The number of carbonyl (C=O) groups excluding carboxylic acids is 1. The van der Waals surface area contributed by atoms with Crippen LogP contribution in [0.5, 0.6) is 5.75 Å². The van der Waals surface area contributed by atoms with E-state index in [1.807, 2.05) is 24.3 Å². The molecule has 0 saturated carbocycles. The first-order valence-corrected chi connectivity index (χ1v) is 7.70. The van der Waals surface area contributed by atoms with Gasteiger partial charge < -0.3 is 15.4 Å². The largest absolute Gasteiger partial charge is 0.493 e. The molecule has 1 saturated heterocycles. The molecule has 2 heterocycles. The van der Waals surface area contributed by atoms with Crippen molar-refractivity contribution in [2.75, 3.05) is 32.8 Å². The number of ether oxygens (including phenoxy) is 1. The van der Waals surface area contributed by atoms with Gasteiger partial charge in [0.25, 0.3) is 0 Å². The van der Waals surface area contributed by atoms with Crippen molar-refractivity contribution in [2.45, 2.75) is 25.4 Å².